The van der Waals surface area contributed by atoms with Crippen molar-refractivity contribution in [1.82, 2.24) is 15.5 Å². The van der Waals surface area contributed by atoms with Gasteiger partial charge in [0.1, 0.15) is 11.6 Å². The highest BCUT2D eigenvalue weighted by molar-refractivity contribution is 6.30. The van der Waals surface area contributed by atoms with Crippen molar-refractivity contribution in [1.29, 1.82) is 0 Å². The zero-order chi connectivity index (χ0) is 17.1. The third-order valence-electron chi connectivity index (χ3n) is 3.18. The van der Waals surface area contributed by atoms with Crippen molar-refractivity contribution >= 4 is 17.5 Å². The number of carbonyl (C=O) groups is 1. The van der Waals surface area contributed by atoms with Gasteiger partial charge in [0.2, 0.25) is 5.82 Å². The maximum absolute atomic E-state index is 13.5. The van der Waals surface area contributed by atoms with Crippen molar-refractivity contribution in [3.05, 3.63) is 70.6 Å². The number of nitrogens with one attached hydrogen (secondary N) is 1. The first kappa shape index (κ1) is 16.1. The van der Waals surface area contributed by atoms with Gasteiger partial charge in [0.15, 0.2) is 0 Å². The third kappa shape index (κ3) is 3.57. The lowest BCUT2D eigenvalue weighted by molar-refractivity contribution is 0.0906. The summed E-state index contributed by atoms with van der Waals surface area (Å²) >= 11 is 5.79. The lowest BCUT2D eigenvalue weighted by atomic mass is 10.2. The Labute approximate surface area is 140 Å². The lowest BCUT2D eigenvalue weighted by Crippen LogP contribution is -2.23. The molecule has 0 atom stereocenters. The van der Waals surface area contributed by atoms with Crippen LogP contribution in [0.4, 0.5) is 8.78 Å². The quantitative estimate of drug-likeness (QED) is 0.781. The SMILES string of the molecule is O=C(NCc1ccc(F)cc1F)c1nc(-c2ccc(Cl)cc2)no1. The zero-order valence-corrected chi connectivity index (χ0v) is 12.8. The van der Waals surface area contributed by atoms with E-state index in [0.717, 1.165) is 12.1 Å². The van der Waals surface area contributed by atoms with E-state index in [0.29, 0.717) is 10.6 Å². The fourth-order valence-electron chi connectivity index (χ4n) is 1.95. The first-order valence-electron chi connectivity index (χ1n) is 6.85. The average Bonchev–Trinajstić information content (AvgIpc) is 3.04. The van der Waals surface area contributed by atoms with Crippen LogP contribution >= 0.6 is 11.6 Å². The molecule has 0 aliphatic rings. The predicted octanol–water partition coefficient (Wildman–Crippen LogP) is 3.60. The smallest absolute Gasteiger partial charge is 0.316 e. The topological polar surface area (TPSA) is 68.0 Å². The molecule has 24 heavy (non-hydrogen) atoms. The van der Waals surface area contributed by atoms with E-state index in [-0.39, 0.29) is 23.8 Å². The second-order valence-corrected chi connectivity index (χ2v) is 5.28. The number of hydrogen-bond donors (Lipinski definition) is 1. The van der Waals surface area contributed by atoms with Gasteiger partial charge in [0, 0.05) is 28.8 Å². The van der Waals surface area contributed by atoms with Gasteiger partial charge in [-0.05, 0) is 30.3 Å². The fourth-order valence-corrected chi connectivity index (χ4v) is 2.07. The van der Waals surface area contributed by atoms with Crippen LogP contribution in [0.2, 0.25) is 5.02 Å². The standard InChI is InChI=1S/C16H10ClF2N3O2/c17-11-4-1-9(2-5-11)14-21-16(24-22-14)15(23)20-8-10-3-6-12(18)7-13(10)19/h1-7H,8H2,(H,20,23). The van der Waals surface area contributed by atoms with E-state index in [4.69, 9.17) is 16.1 Å². The summed E-state index contributed by atoms with van der Waals surface area (Å²) in [6.07, 6.45) is 0. The lowest BCUT2D eigenvalue weighted by Gasteiger charge is -2.03. The van der Waals surface area contributed by atoms with E-state index in [9.17, 15) is 13.6 Å². The number of nitrogens with zero attached hydrogens (tertiary/aromatic N) is 2. The van der Waals surface area contributed by atoms with Crippen molar-refractivity contribution in [2.45, 2.75) is 6.54 Å². The number of hydrogen-bond acceptors (Lipinski definition) is 4. The second-order valence-electron chi connectivity index (χ2n) is 4.85. The maximum Gasteiger partial charge on any atom is 0.316 e. The van der Waals surface area contributed by atoms with E-state index in [1.54, 1.807) is 24.3 Å². The third-order valence-corrected chi connectivity index (χ3v) is 3.43. The van der Waals surface area contributed by atoms with Crippen LogP contribution in [-0.4, -0.2) is 16.0 Å². The van der Waals surface area contributed by atoms with Gasteiger partial charge in [0.05, 0.1) is 0 Å². The molecule has 3 rings (SSSR count). The Morgan fingerprint density at radius 1 is 1.17 bits per heavy atom. The number of benzene rings is 2. The number of amides is 1. The van der Waals surface area contributed by atoms with Crippen molar-refractivity contribution in [3.8, 4) is 11.4 Å². The minimum absolute atomic E-state index is 0.135. The first-order valence-corrected chi connectivity index (χ1v) is 7.22. The number of rotatable bonds is 4. The number of carbonyl (C=O) groups excluding carboxylic acids is 1. The van der Waals surface area contributed by atoms with Gasteiger partial charge >= 0.3 is 11.8 Å². The molecular weight excluding hydrogens is 340 g/mol. The molecule has 1 amide bonds. The molecule has 0 saturated heterocycles. The van der Waals surface area contributed by atoms with E-state index >= 15 is 0 Å². The van der Waals surface area contributed by atoms with Crippen LogP contribution < -0.4 is 5.32 Å². The molecule has 0 aliphatic carbocycles. The van der Waals surface area contributed by atoms with Crippen molar-refractivity contribution in [2.75, 3.05) is 0 Å². The van der Waals surface area contributed by atoms with Crippen LogP contribution in [0.15, 0.2) is 47.0 Å². The Bertz CT molecular complexity index is 881. The fraction of sp³-hybridized carbons (Fsp3) is 0.0625. The molecule has 1 N–H and O–H groups in total. The molecule has 1 aromatic heterocycles. The van der Waals surface area contributed by atoms with E-state index < -0.39 is 17.5 Å². The summed E-state index contributed by atoms with van der Waals surface area (Å²) in [5, 5.41) is 6.70. The van der Waals surface area contributed by atoms with Gasteiger partial charge in [-0.3, -0.25) is 4.79 Å². The summed E-state index contributed by atoms with van der Waals surface area (Å²) in [6, 6.07) is 9.78. The molecular formula is C16H10ClF2N3O2. The van der Waals surface area contributed by atoms with Crippen LogP contribution in [0.3, 0.4) is 0 Å². The Balaban J connectivity index is 1.68. The molecule has 122 valence electrons. The number of aromatic nitrogens is 2. The molecule has 3 aromatic rings. The first-order chi connectivity index (χ1) is 11.5. The van der Waals surface area contributed by atoms with Gasteiger partial charge in [-0.15, -0.1) is 0 Å². The van der Waals surface area contributed by atoms with Gasteiger partial charge in [-0.1, -0.05) is 22.8 Å². The van der Waals surface area contributed by atoms with Crippen molar-refractivity contribution < 1.29 is 18.1 Å². The second kappa shape index (κ2) is 6.76. The van der Waals surface area contributed by atoms with E-state index in [2.05, 4.69) is 15.5 Å². The molecule has 0 unspecified atom stereocenters. The molecule has 0 aliphatic heterocycles. The Morgan fingerprint density at radius 2 is 1.92 bits per heavy atom. The summed E-state index contributed by atoms with van der Waals surface area (Å²) in [4.78, 5) is 15.9. The largest absolute Gasteiger partial charge is 0.344 e. The van der Waals surface area contributed by atoms with Crippen LogP contribution in [0.1, 0.15) is 16.2 Å². The highest BCUT2D eigenvalue weighted by Gasteiger charge is 2.16. The van der Waals surface area contributed by atoms with Gasteiger partial charge in [0.25, 0.3) is 0 Å². The Kier molecular flexibility index (Phi) is 4.52. The summed E-state index contributed by atoms with van der Waals surface area (Å²) in [6.45, 7) is -0.135. The molecule has 0 spiro atoms. The molecule has 5 nitrogen and oxygen atoms in total. The van der Waals surface area contributed by atoms with Crippen LogP contribution in [-0.2, 0) is 6.54 Å². The summed E-state index contributed by atoms with van der Waals surface area (Å²) in [5.74, 6) is -2.13. The average molecular weight is 350 g/mol. The zero-order valence-electron chi connectivity index (χ0n) is 12.1. The van der Waals surface area contributed by atoms with Crippen LogP contribution in [0.5, 0.6) is 0 Å². The highest BCUT2D eigenvalue weighted by Crippen LogP contribution is 2.18. The minimum Gasteiger partial charge on any atom is -0.344 e. The molecule has 2 aromatic carbocycles. The van der Waals surface area contributed by atoms with Crippen molar-refractivity contribution in [2.24, 2.45) is 0 Å². The van der Waals surface area contributed by atoms with Crippen LogP contribution in [0, 0.1) is 11.6 Å². The monoisotopic (exact) mass is 349 g/mol. The molecule has 0 fully saturated rings. The normalized spacial score (nSPS) is 10.6. The van der Waals surface area contributed by atoms with Gasteiger partial charge < -0.3 is 9.84 Å². The number of halogens is 3. The molecule has 0 radical (unpaired) electrons. The molecule has 8 heteroatoms. The van der Waals surface area contributed by atoms with Crippen LogP contribution in [0.25, 0.3) is 11.4 Å². The van der Waals surface area contributed by atoms with E-state index in [1.807, 2.05) is 0 Å². The maximum atomic E-state index is 13.5. The highest BCUT2D eigenvalue weighted by atomic mass is 35.5. The molecule has 0 bridgehead atoms. The summed E-state index contributed by atoms with van der Waals surface area (Å²) in [7, 11) is 0. The summed E-state index contributed by atoms with van der Waals surface area (Å²) in [5.41, 5.74) is 0.772. The Morgan fingerprint density at radius 3 is 2.62 bits per heavy atom. The van der Waals surface area contributed by atoms with Crippen molar-refractivity contribution in [3.63, 3.8) is 0 Å². The molecule has 1 heterocycles. The molecule has 0 saturated carbocycles. The van der Waals surface area contributed by atoms with Gasteiger partial charge in [-0.25, -0.2) is 8.78 Å². The predicted molar refractivity (Wildman–Crippen MR) is 82.3 cm³/mol. The van der Waals surface area contributed by atoms with Gasteiger partial charge in [-0.2, -0.15) is 4.98 Å². The Hall–Kier alpha value is -2.80. The van der Waals surface area contributed by atoms with E-state index in [1.165, 1.54) is 6.07 Å². The summed E-state index contributed by atoms with van der Waals surface area (Å²) < 4.78 is 31.2. The minimum atomic E-state index is -0.748.